The Morgan fingerprint density at radius 3 is 2.53 bits per heavy atom. The molecule has 5 nitrogen and oxygen atoms in total. The molecule has 2 aliphatic rings. The summed E-state index contributed by atoms with van der Waals surface area (Å²) in [6.45, 7) is 7.98. The second-order valence-electron chi connectivity index (χ2n) is 11.2. The molecule has 0 unspecified atom stereocenters. The predicted molar refractivity (Wildman–Crippen MR) is 154 cm³/mol. The first kappa shape index (κ1) is 26.8. The molecule has 5 rings (SSSR count). The first-order chi connectivity index (χ1) is 18.8. The van der Waals surface area contributed by atoms with Crippen LogP contribution in [0.15, 0.2) is 54.7 Å². The largest absolute Gasteiger partial charge is 0.454 e. The van der Waals surface area contributed by atoms with Gasteiger partial charge in [0.15, 0.2) is 11.5 Å². The van der Waals surface area contributed by atoms with Gasteiger partial charge in [0.05, 0.1) is 17.9 Å². The molecule has 0 saturated heterocycles. The third-order valence-electron chi connectivity index (χ3n) is 8.31. The lowest BCUT2D eigenvalue weighted by Gasteiger charge is -2.36. The molecule has 1 aliphatic carbocycles. The van der Waals surface area contributed by atoms with E-state index in [0.29, 0.717) is 12.8 Å². The number of hydrogen-bond acceptors (Lipinski definition) is 4. The van der Waals surface area contributed by atoms with Gasteiger partial charge >= 0.3 is 0 Å². The summed E-state index contributed by atoms with van der Waals surface area (Å²) in [7, 11) is 0. The summed E-state index contributed by atoms with van der Waals surface area (Å²) >= 11 is 0. The van der Waals surface area contributed by atoms with Gasteiger partial charge in [-0.15, -0.1) is 0 Å². The molecule has 2 aromatic carbocycles. The van der Waals surface area contributed by atoms with Crippen molar-refractivity contribution in [3.63, 3.8) is 0 Å². The van der Waals surface area contributed by atoms with E-state index < -0.39 is 0 Å². The minimum atomic E-state index is 0.322. The molecule has 38 heavy (non-hydrogen) atoms. The summed E-state index contributed by atoms with van der Waals surface area (Å²) in [6, 6.07) is 17.6. The van der Waals surface area contributed by atoms with Crippen molar-refractivity contribution < 1.29 is 9.47 Å². The highest BCUT2D eigenvalue weighted by molar-refractivity contribution is 5.56. The lowest BCUT2D eigenvalue weighted by atomic mass is 9.88. The maximum absolute atomic E-state index is 5.74. The van der Waals surface area contributed by atoms with Crippen LogP contribution in [-0.4, -0.2) is 27.8 Å². The number of hydrogen-bond donors (Lipinski definition) is 0. The number of fused-ring (bicyclic) bond motifs is 1. The third kappa shape index (κ3) is 6.43. The molecule has 0 N–H and O–H groups in total. The van der Waals surface area contributed by atoms with Gasteiger partial charge in [-0.3, -0.25) is 4.90 Å². The quantitative estimate of drug-likeness (QED) is 0.229. The van der Waals surface area contributed by atoms with Crippen molar-refractivity contribution in [2.45, 2.75) is 97.2 Å². The Bertz CT molecular complexity index is 1140. The van der Waals surface area contributed by atoms with E-state index in [-0.39, 0.29) is 0 Å². The fraction of sp³-hybridized carbons (Fsp3) is 0.545. The van der Waals surface area contributed by atoms with Crippen molar-refractivity contribution in [2.75, 3.05) is 13.3 Å². The molecule has 1 saturated carbocycles. The van der Waals surface area contributed by atoms with Crippen LogP contribution in [0.3, 0.4) is 0 Å². The minimum absolute atomic E-state index is 0.322. The van der Waals surface area contributed by atoms with E-state index >= 15 is 0 Å². The number of aromatic nitrogens is 2. The first-order valence-electron chi connectivity index (χ1n) is 15.0. The lowest BCUT2D eigenvalue weighted by molar-refractivity contribution is 0.127. The summed E-state index contributed by atoms with van der Waals surface area (Å²) < 4.78 is 13.9. The number of benzene rings is 2. The van der Waals surface area contributed by atoms with Crippen LogP contribution in [-0.2, 0) is 13.1 Å². The summed E-state index contributed by atoms with van der Waals surface area (Å²) in [6.07, 6.45) is 14.9. The van der Waals surface area contributed by atoms with Gasteiger partial charge in [0.1, 0.15) is 5.82 Å². The molecule has 1 aromatic heterocycles. The van der Waals surface area contributed by atoms with Crippen molar-refractivity contribution in [3.05, 3.63) is 66.0 Å². The molecule has 1 fully saturated rings. The molecular weight excluding hydrogens is 470 g/mol. The van der Waals surface area contributed by atoms with Gasteiger partial charge in [-0.2, -0.15) is 0 Å². The van der Waals surface area contributed by atoms with Gasteiger partial charge in [0, 0.05) is 25.2 Å². The van der Waals surface area contributed by atoms with Crippen LogP contribution >= 0.6 is 0 Å². The van der Waals surface area contributed by atoms with Crippen LogP contribution in [0.1, 0.15) is 95.4 Å². The number of nitrogens with zero attached hydrogens (tertiary/aromatic N) is 3. The van der Waals surface area contributed by atoms with Crippen molar-refractivity contribution >= 4 is 0 Å². The Hall–Kier alpha value is -2.79. The van der Waals surface area contributed by atoms with Crippen molar-refractivity contribution in [1.29, 1.82) is 0 Å². The highest BCUT2D eigenvalue weighted by Gasteiger charge is 2.29. The standard InChI is InChI=1S/C33H45N3O2/c1-3-5-17-29(30-22-34-33(36(30)20-6-4-2)28-15-11-8-12-16-28)35(23-26-13-9-7-10-14-26)24-27-18-19-31-32(21-27)38-25-37-31/h8,11-12,15-16,18-19,21-22,26,29H,3-7,9-10,13-14,17,20,23-25H2,1-2H3/t29-/m1/s1. The molecule has 0 bridgehead atoms. The molecule has 3 aromatic rings. The molecule has 1 aliphatic heterocycles. The fourth-order valence-corrected chi connectivity index (χ4v) is 6.22. The monoisotopic (exact) mass is 515 g/mol. The van der Waals surface area contributed by atoms with E-state index in [1.165, 1.54) is 68.2 Å². The van der Waals surface area contributed by atoms with Gasteiger partial charge in [0.2, 0.25) is 6.79 Å². The molecular formula is C33H45N3O2. The van der Waals surface area contributed by atoms with Crippen molar-refractivity contribution in [3.8, 4) is 22.9 Å². The average molecular weight is 516 g/mol. The van der Waals surface area contributed by atoms with Crippen LogP contribution in [0.25, 0.3) is 11.4 Å². The fourth-order valence-electron chi connectivity index (χ4n) is 6.22. The highest BCUT2D eigenvalue weighted by atomic mass is 16.7. The van der Waals surface area contributed by atoms with Gasteiger partial charge < -0.3 is 14.0 Å². The molecule has 204 valence electrons. The zero-order chi connectivity index (χ0) is 26.2. The van der Waals surface area contributed by atoms with Gasteiger partial charge in [0.25, 0.3) is 0 Å². The third-order valence-corrected chi connectivity index (χ3v) is 8.31. The van der Waals surface area contributed by atoms with Crippen LogP contribution in [0.5, 0.6) is 11.5 Å². The minimum Gasteiger partial charge on any atom is -0.454 e. The number of imidazole rings is 1. The molecule has 0 radical (unpaired) electrons. The van der Waals surface area contributed by atoms with E-state index in [2.05, 4.69) is 78.0 Å². The normalized spacial score (nSPS) is 16.3. The zero-order valence-corrected chi connectivity index (χ0v) is 23.4. The van der Waals surface area contributed by atoms with E-state index in [4.69, 9.17) is 14.5 Å². The molecule has 5 heteroatoms. The van der Waals surface area contributed by atoms with E-state index in [0.717, 1.165) is 55.7 Å². The number of ether oxygens (including phenoxy) is 2. The average Bonchev–Trinajstić information content (AvgIpc) is 3.60. The molecule has 0 spiro atoms. The maximum atomic E-state index is 5.74. The van der Waals surface area contributed by atoms with Crippen LogP contribution in [0, 0.1) is 5.92 Å². The van der Waals surface area contributed by atoms with E-state index in [9.17, 15) is 0 Å². The van der Waals surface area contributed by atoms with Crippen LogP contribution in [0.4, 0.5) is 0 Å². The summed E-state index contributed by atoms with van der Waals surface area (Å²) in [5.74, 6) is 3.61. The lowest BCUT2D eigenvalue weighted by Crippen LogP contribution is -2.35. The molecule has 1 atom stereocenters. The highest BCUT2D eigenvalue weighted by Crippen LogP contribution is 2.37. The Morgan fingerprint density at radius 1 is 0.947 bits per heavy atom. The Labute approximate surface area is 229 Å². The first-order valence-corrected chi connectivity index (χ1v) is 15.0. The Morgan fingerprint density at radius 2 is 1.74 bits per heavy atom. The Kier molecular flexibility index (Phi) is 9.40. The van der Waals surface area contributed by atoms with Crippen LogP contribution < -0.4 is 9.47 Å². The molecule has 0 amide bonds. The topological polar surface area (TPSA) is 39.5 Å². The number of rotatable bonds is 13. The van der Waals surface area contributed by atoms with E-state index in [1.807, 2.05) is 0 Å². The summed E-state index contributed by atoms with van der Waals surface area (Å²) in [5.41, 5.74) is 3.88. The van der Waals surface area contributed by atoms with Gasteiger partial charge in [-0.25, -0.2) is 4.98 Å². The van der Waals surface area contributed by atoms with Crippen molar-refractivity contribution in [2.24, 2.45) is 5.92 Å². The van der Waals surface area contributed by atoms with E-state index in [1.54, 1.807) is 0 Å². The molecule has 2 heterocycles. The number of unbranched alkanes of at least 4 members (excludes halogenated alkanes) is 2. The van der Waals surface area contributed by atoms with Crippen LogP contribution in [0.2, 0.25) is 0 Å². The predicted octanol–water partition coefficient (Wildman–Crippen LogP) is 8.39. The van der Waals surface area contributed by atoms with Gasteiger partial charge in [-0.1, -0.05) is 88.8 Å². The SMILES string of the molecule is CCCC[C@H](c1cnc(-c2ccccc2)n1CCCC)N(Cc1ccc2c(c1)OCO2)CC1CCCCC1. The van der Waals surface area contributed by atoms with Gasteiger partial charge in [-0.05, 0) is 49.3 Å². The summed E-state index contributed by atoms with van der Waals surface area (Å²) in [4.78, 5) is 7.83. The maximum Gasteiger partial charge on any atom is 0.231 e. The smallest absolute Gasteiger partial charge is 0.231 e. The zero-order valence-electron chi connectivity index (χ0n) is 23.4. The Balaban J connectivity index is 1.51. The second kappa shape index (κ2) is 13.3. The van der Waals surface area contributed by atoms with Crippen molar-refractivity contribution in [1.82, 2.24) is 14.5 Å². The summed E-state index contributed by atoms with van der Waals surface area (Å²) in [5, 5.41) is 0. The second-order valence-corrected chi connectivity index (χ2v) is 11.2.